The summed E-state index contributed by atoms with van der Waals surface area (Å²) in [5, 5.41) is 0. The number of para-hydroxylation sites is 1. The minimum absolute atomic E-state index is 0. The smallest absolute Gasteiger partial charge is 0.223 e. The largest absolute Gasteiger partial charge is 0.370 e. The highest BCUT2D eigenvalue weighted by atomic mass is 79.9. The molecule has 1 rings (SSSR count). The molecule has 1 aromatic rings. The molecule has 1 aromatic carbocycles. The van der Waals surface area contributed by atoms with Crippen LogP contribution in [0.3, 0.4) is 0 Å². The van der Waals surface area contributed by atoms with Gasteiger partial charge in [0, 0.05) is 4.47 Å². The van der Waals surface area contributed by atoms with Crippen LogP contribution in [0, 0.1) is 0 Å². The summed E-state index contributed by atoms with van der Waals surface area (Å²) in [5.41, 5.74) is 16.4. The Labute approximate surface area is 102 Å². The Kier molecular flexibility index (Phi) is 5.73. The molecule has 6 N–H and O–H groups in total. The van der Waals surface area contributed by atoms with Crippen molar-refractivity contribution in [3.8, 4) is 0 Å². The first-order chi connectivity index (χ1) is 6.59. The zero-order chi connectivity index (χ0) is 10.6. The lowest BCUT2D eigenvalue weighted by Gasteiger charge is -1.97. The summed E-state index contributed by atoms with van der Waals surface area (Å²) < 4.78 is 0.828. The maximum atomic E-state index is 5.46. The Balaban J connectivity index is 0.00000196. The van der Waals surface area contributed by atoms with E-state index in [0.29, 0.717) is 5.69 Å². The Hall–Kier alpha value is -1.27. The highest BCUT2D eigenvalue weighted by Gasteiger charge is 1.96. The van der Waals surface area contributed by atoms with E-state index in [1.807, 2.05) is 18.2 Å². The Morgan fingerprint density at radius 1 is 1.13 bits per heavy atom. The van der Waals surface area contributed by atoms with Crippen molar-refractivity contribution in [3.05, 3.63) is 28.7 Å². The van der Waals surface area contributed by atoms with Crippen LogP contribution in [0.15, 0.2) is 38.7 Å². The molecule has 0 saturated heterocycles. The Morgan fingerprint density at radius 3 is 2.27 bits per heavy atom. The molecule has 0 saturated carbocycles. The molecule has 0 aliphatic carbocycles. The van der Waals surface area contributed by atoms with Gasteiger partial charge in [-0.3, -0.25) is 0 Å². The van der Waals surface area contributed by atoms with Gasteiger partial charge in [-0.25, -0.2) is 4.99 Å². The van der Waals surface area contributed by atoms with Crippen molar-refractivity contribution in [3.63, 3.8) is 0 Å². The number of benzene rings is 1. The van der Waals surface area contributed by atoms with Gasteiger partial charge in [0.2, 0.25) is 5.96 Å². The molecule has 0 aliphatic heterocycles. The third-order valence-electron chi connectivity index (χ3n) is 1.33. The number of halogens is 2. The first-order valence-corrected chi connectivity index (χ1v) is 4.57. The number of guanidine groups is 2. The van der Waals surface area contributed by atoms with E-state index in [-0.39, 0.29) is 24.3 Å². The number of nitrogens with zero attached hydrogens (tertiary/aromatic N) is 2. The lowest BCUT2D eigenvalue weighted by Crippen LogP contribution is -2.26. The van der Waals surface area contributed by atoms with Crippen LogP contribution in [-0.4, -0.2) is 11.9 Å². The summed E-state index contributed by atoms with van der Waals surface area (Å²) in [6.45, 7) is 0. The topological polar surface area (TPSA) is 103 Å². The third-order valence-corrected chi connectivity index (χ3v) is 2.00. The average molecular weight is 293 g/mol. The standard InChI is InChI=1S/C8H10BrN5.ClH/c9-5-3-1-2-4-6(5)13-8(12)14-7(10)11;/h1-4H,(H6,10,11,12,13,14);1H. The van der Waals surface area contributed by atoms with E-state index in [9.17, 15) is 0 Å². The summed E-state index contributed by atoms with van der Waals surface area (Å²) in [6.07, 6.45) is 0. The fraction of sp³-hybridized carbons (Fsp3) is 0. The number of hydrogen-bond acceptors (Lipinski definition) is 1. The van der Waals surface area contributed by atoms with Gasteiger partial charge in [0.05, 0.1) is 5.69 Å². The molecule has 82 valence electrons. The molecule has 0 heterocycles. The molecule has 0 amide bonds. The van der Waals surface area contributed by atoms with Gasteiger partial charge >= 0.3 is 0 Å². The van der Waals surface area contributed by atoms with Gasteiger partial charge in [-0.2, -0.15) is 4.99 Å². The van der Waals surface area contributed by atoms with E-state index < -0.39 is 0 Å². The van der Waals surface area contributed by atoms with Crippen LogP contribution >= 0.6 is 28.3 Å². The SMILES string of the molecule is Cl.NC(N)=NC(N)=Nc1ccccc1Br. The highest BCUT2D eigenvalue weighted by molar-refractivity contribution is 9.10. The predicted molar refractivity (Wildman–Crippen MR) is 68.5 cm³/mol. The van der Waals surface area contributed by atoms with Gasteiger partial charge in [0.25, 0.3) is 0 Å². The Morgan fingerprint density at radius 2 is 1.73 bits per heavy atom. The molecular formula is C8H11BrClN5. The van der Waals surface area contributed by atoms with Crippen molar-refractivity contribution in [1.82, 2.24) is 0 Å². The summed E-state index contributed by atoms with van der Waals surface area (Å²) in [5.74, 6) is -0.0878. The number of aliphatic imine (C=N–C) groups is 2. The van der Waals surface area contributed by atoms with Crippen LogP contribution in [-0.2, 0) is 0 Å². The van der Waals surface area contributed by atoms with Crippen molar-refractivity contribution in [2.24, 2.45) is 27.2 Å². The first kappa shape index (κ1) is 13.7. The van der Waals surface area contributed by atoms with E-state index in [2.05, 4.69) is 25.9 Å². The van der Waals surface area contributed by atoms with Crippen LogP contribution in [0.1, 0.15) is 0 Å². The van der Waals surface area contributed by atoms with Gasteiger partial charge in [-0.15, -0.1) is 12.4 Å². The summed E-state index contributed by atoms with van der Waals surface area (Å²) >= 11 is 3.32. The van der Waals surface area contributed by atoms with Crippen molar-refractivity contribution in [2.45, 2.75) is 0 Å². The molecular weight excluding hydrogens is 281 g/mol. The quantitative estimate of drug-likeness (QED) is 0.533. The molecule has 0 radical (unpaired) electrons. The average Bonchev–Trinajstić information content (AvgIpc) is 2.07. The lowest BCUT2D eigenvalue weighted by atomic mass is 10.3. The van der Waals surface area contributed by atoms with Crippen LogP contribution in [0.5, 0.6) is 0 Å². The monoisotopic (exact) mass is 291 g/mol. The van der Waals surface area contributed by atoms with Gasteiger partial charge in [0.1, 0.15) is 0 Å². The van der Waals surface area contributed by atoms with E-state index in [1.54, 1.807) is 6.07 Å². The van der Waals surface area contributed by atoms with Crippen molar-refractivity contribution in [1.29, 1.82) is 0 Å². The molecule has 0 bridgehead atoms. The third kappa shape index (κ3) is 4.66. The minimum Gasteiger partial charge on any atom is -0.370 e. The lowest BCUT2D eigenvalue weighted by molar-refractivity contribution is 1.37. The molecule has 0 aliphatic rings. The van der Waals surface area contributed by atoms with Crippen LogP contribution in [0.4, 0.5) is 5.69 Å². The number of rotatable bonds is 1. The first-order valence-electron chi connectivity index (χ1n) is 3.78. The van der Waals surface area contributed by atoms with Gasteiger partial charge in [0.15, 0.2) is 5.96 Å². The maximum absolute atomic E-state index is 5.46. The van der Waals surface area contributed by atoms with Gasteiger partial charge in [-0.05, 0) is 28.1 Å². The van der Waals surface area contributed by atoms with Crippen LogP contribution in [0.25, 0.3) is 0 Å². The molecule has 0 unspecified atom stereocenters. The van der Waals surface area contributed by atoms with E-state index in [1.165, 1.54) is 0 Å². The van der Waals surface area contributed by atoms with Gasteiger partial charge in [-0.1, -0.05) is 12.1 Å². The summed E-state index contributed by atoms with van der Waals surface area (Å²) in [6, 6.07) is 7.35. The molecule has 7 heteroatoms. The molecule has 0 atom stereocenters. The van der Waals surface area contributed by atoms with E-state index in [4.69, 9.17) is 17.2 Å². The second-order valence-corrected chi connectivity index (χ2v) is 3.31. The van der Waals surface area contributed by atoms with Crippen molar-refractivity contribution < 1.29 is 0 Å². The van der Waals surface area contributed by atoms with Crippen LogP contribution < -0.4 is 17.2 Å². The Bertz CT molecular complexity index is 386. The normalized spacial score (nSPS) is 10.3. The zero-order valence-corrected chi connectivity index (χ0v) is 10.1. The fourth-order valence-electron chi connectivity index (χ4n) is 0.823. The van der Waals surface area contributed by atoms with Crippen LogP contribution in [0.2, 0.25) is 0 Å². The highest BCUT2D eigenvalue weighted by Crippen LogP contribution is 2.23. The maximum Gasteiger partial charge on any atom is 0.223 e. The van der Waals surface area contributed by atoms with E-state index in [0.717, 1.165) is 4.47 Å². The second kappa shape index (κ2) is 6.26. The zero-order valence-electron chi connectivity index (χ0n) is 7.72. The van der Waals surface area contributed by atoms with Crippen molar-refractivity contribution >= 4 is 45.9 Å². The molecule has 0 spiro atoms. The molecule has 5 nitrogen and oxygen atoms in total. The molecule has 0 fully saturated rings. The summed E-state index contributed by atoms with van der Waals surface area (Å²) in [7, 11) is 0. The predicted octanol–water partition coefficient (Wildman–Crippen LogP) is 1.09. The van der Waals surface area contributed by atoms with Crippen molar-refractivity contribution in [2.75, 3.05) is 0 Å². The molecule has 15 heavy (non-hydrogen) atoms. The number of hydrogen-bond donors (Lipinski definition) is 3. The fourth-order valence-corrected chi connectivity index (χ4v) is 1.20. The van der Waals surface area contributed by atoms with Gasteiger partial charge < -0.3 is 17.2 Å². The minimum atomic E-state index is -0.113. The summed E-state index contributed by atoms with van der Waals surface area (Å²) in [4.78, 5) is 7.59. The number of nitrogens with two attached hydrogens (primary N) is 3. The molecule has 0 aromatic heterocycles. The second-order valence-electron chi connectivity index (χ2n) is 2.46. The van der Waals surface area contributed by atoms with E-state index >= 15 is 0 Å².